The Kier molecular flexibility index (Phi) is 4.63. The van der Waals surface area contributed by atoms with Crippen LogP contribution in [0.5, 0.6) is 5.75 Å². The number of rotatable bonds is 6. The lowest BCUT2D eigenvalue weighted by Gasteiger charge is -2.17. The Bertz CT molecular complexity index is 314. The van der Waals surface area contributed by atoms with E-state index in [9.17, 15) is 4.79 Å². The molecule has 0 aliphatic rings. The second-order valence-electron chi connectivity index (χ2n) is 3.11. The number of aliphatic hydroxyl groups excluding tert-OH is 1. The zero-order valence-electron chi connectivity index (χ0n) is 8.72. The van der Waals surface area contributed by atoms with Gasteiger partial charge in [-0.25, -0.2) is 0 Å². The number of amides is 1. The molecule has 0 radical (unpaired) electrons. The number of nitrogens with zero attached hydrogens (tertiary/aromatic N) is 1. The molecule has 1 amide bonds. The molecule has 4 heteroatoms. The number of ether oxygens (including phenoxy) is 1. The Morgan fingerprint density at radius 3 is 2.80 bits per heavy atom. The number of methoxy groups -OCH3 is 1. The molecule has 0 atom stereocenters. The highest BCUT2D eigenvalue weighted by molar-refractivity contribution is 5.48. The van der Waals surface area contributed by atoms with Gasteiger partial charge in [-0.15, -0.1) is 0 Å². The summed E-state index contributed by atoms with van der Waals surface area (Å²) in [6, 6.07) is 7.50. The first kappa shape index (κ1) is 11.5. The van der Waals surface area contributed by atoms with E-state index in [1.165, 1.54) is 4.90 Å². The molecule has 1 aromatic carbocycles. The molecule has 0 unspecified atom stereocenters. The van der Waals surface area contributed by atoms with Gasteiger partial charge in [-0.3, -0.25) is 4.79 Å². The van der Waals surface area contributed by atoms with E-state index in [1.54, 1.807) is 7.11 Å². The number of hydrogen-bond acceptors (Lipinski definition) is 3. The van der Waals surface area contributed by atoms with Crippen molar-refractivity contribution >= 4 is 6.41 Å². The fraction of sp³-hybridized carbons (Fsp3) is 0.364. The van der Waals surface area contributed by atoms with Crippen molar-refractivity contribution in [3.63, 3.8) is 0 Å². The van der Waals surface area contributed by atoms with Crippen molar-refractivity contribution < 1.29 is 14.6 Å². The Morgan fingerprint density at radius 1 is 1.47 bits per heavy atom. The van der Waals surface area contributed by atoms with Gasteiger partial charge in [-0.2, -0.15) is 0 Å². The van der Waals surface area contributed by atoms with E-state index in [-0.39, 0.29) is 6.61 Å². The molecule has 0 aromatic heterocycles. The fourth-order valence-electron chi connectivity index (χ4n) is 1.35. The van der Waals surface area contributed by atoms with Crippen molar-refractivity contribution in [2.45, 2.75) is 6.54 Å². The predicted octanol–water partition coefficient (Wildman–Crippen LogP) is 0.646. The third kappa shape index (κ3) is 3.25. The van der Waals surface area contributed by atoms with Crippen LogP contribution in [0.4, 0.5) is 0 Å². The van der Waals surface area contributed by atoms with Crippen molar-refractivity contribution in [2.75, 3.05) is 20.3 Å². The number of hydrogen-bond donors (Lipinski definition) is 1. The van der Waals surface area contributed by atoms with Crippen molar-refractivity contribution in [2.24, 2.45) is 0 Å². The van der Waals surface area contributed by atoms with Crippen LogP contribution >= 0.6 is 0 Å². The maximum atomic E-state index is 10.7. The topological polar surface area (TPSA) is 49.8 Å². The maximum Gasteiger partial charge on any atom is 0.210 e. The molecule has 1 N–H and O–H groups in total. The molecule has 1 aromatic rings. The Morgan fingerprint density at radius 2 is 2.20 bits per heavy atom. The van der Waals surface area contributed by atoms with Crippen molar-refractivity contribution in [1.29, 1.82) is 0 Å². The maximum absolute atomic E-state index is 10.7. The van der Waals surface area contributed by atoms with Crippen LogP contribution in [0.2, 0.25) is 0 Å². The highest BCUT2D eigenvalue weighted by Gasteiger charge is 2.06. The minimum absolute atomic E-state index is 0.0338. The van der Waals surface area contributed by atoms with Crippen LogP contribution in [0.25, 0.3) is 0 Å². The molecule has 15 heavy (non-hydrogen) atoms. The van der Waals surface area contributed by atoms with E-state index < -0.39 is 0 Å². The van der Waals surface area contributed by atoms with E-state index in [0.29, 0.717) is 13.1 Å². The Labute approximate surface area is 89.1 Å². The highest BCUT2D eigenvalue weighted by atomic mass is 16.5. The van der Waals surface area contributed by atoms with Crippen molar-refractivity contribution in [3.8, 4) is 5.75 Å². The molecular weight excluding hydrogens is 194 g/mol. The van der Waals surface area contributed by atoms with Crippen LogP contribution in [0.3, 0.4) is 0 Å². The van der Waals surface area contributed by atoms with Crippen LogP contribution in [0.1, 0.15) is 5.56 Å². The number of aliphatic hydroxyl groups is 1. The molecule has 0 aliphatic carbocycles. The third-order valence-electron chi connectivity index (χ3n) is 2.10. The molecule has 0 aliphatic heterocycles. The number of benzene rings is 1. The van der Waals surface area contributed by atoms with Gasteiger partial charge in [0.15, 0.2) is 0 Å². The molecule has 0 spiro atoms. The SMILES string of the molecule is COc1ccccc1CN(C=O)CCO. The molecule has 82 valence electrons. The lowest BCUT2D eigenvalue weighted by molar-refractivity contribution is -0.119. The van der Waals surface area contributed by atoms with Gasteiger partial charge in [0, 0.05) is 18.7 Å². The van der Waals surface area contributed by atoms with E-state index in [2.05, 4.69) is 0 Å². The summed E-state index contributed by atoms with van der Waals surface area (Å²) in [7, 11) is 1.59. The predicted molar refractivity (Wildman–Crippen MR) is 56.6 cm³/mol. The quantitative estimate of drug-likeness (QED) is 0.700. The Balaban J connectivity index is 2.73. The molecule has 0 fully saturated rings. The average molecular weight is 209 g/mol. The highest BCUT2D eigenvalue weighted by Crippen LogP contribution is 2.18. The molecule has 0 bridgehead atoms. The minimum atomic E-state index is -0.0338. The number of carbonyl (C=O) groups excluding carboxylic acids is 1. The van der Waals surface area contributed by atoms with Crippen molar-refractivity contribution in [3.05, 3.63) is 29.8 Å². The second-order valence-corrected chi connectivity index (χ2v) is 3.11. The van der Waals surface area contributed by atoms with Crippen LogP contribution in [0.15, 0.2) is 24.3 Å². The molecular formula is C11H15NO3. The van der Waals surface area contributed by atoms with Gasteiger partial charge in [0.25, 0.3) is 0 Å². The van der Waals surface area contributed by atoms with E-state index in [1.807, 2.05) is 24.3 Å². The fourth-order valence-corrected chi connectivity index (χ4v) is 1.35. The lowest BCUT2D eigenvalue weighted by atomic mass is 10.2. The standard InChI is InChI=1S/C11H15NO3/c1-15-11-5-3-2-4-10(11)8-12(9-14)6-7-13/h2-5,9,13H,6-8H2,1H3. The summed E-state index contributed by atoms with van der Waals surface area (Å²) in [4.78, 5) is 12.2. The molecule has 0 saturated heterocycles. The van der Waals surface area contributed by atoms with Gasteiger partial charge in [0.05, 0.1) is 13.7 Å². The largest absolute Gasteiger partial charge is 0.496 e. The first-order chi connectivity index (χ1) is 7.31. The smallest absolute Gasteiger partial charge is 0.210 e. The lowest BCUT2D eigenvalue weighted by Crippen LogP contribution is -2.24. The van der Waals surface area contributed by atoms with Crippen LogP contribution in [-0.4, -0.2) is 36.7 Å². The van der Waals surface area contributed by atoms with E-state index in [0.717, 1.165) is 17.7 Å². The normalized spacial score (nSPS) is 9.73. The minimum Gasteiger partial charge on any atom is -0.496 e. The van der Waals surface area contributed by atoms with E-state index in [4.69, 9.17) is 9.84 Å². The molecule has 1 rings (SSSR count). The van der Waals surface area contributed by atoms with Crippen LogP contribution < -0.4 is 4.74 Å². The zero-order valence-corrected chi connectivity index (χ0v) is 8.72. The van der Waals surface area contributed by atoms with Crippen LogP contribution in [0, 0.1) is 0 Å². The van der Waals surface area contributed by atoms with Gasteiger partial charge in [0.1, 0.15) is 5.75 Å². The van der Waals surface area contributed by atoms with Gasteiger partial charge < -0.3 is 14.7 Å². The van der Waals surface area contributed by atoms with Gasteiger partial charge in [0.2, 0.25) is 6.41 Å². The summed E-state index contributed by atoms with van der Waals surface area (Å²) in [6.45, 7) is 0.753. The van der Waals surface area contributed by atoms with Crippen LogP contribution in [-0.2, 0) is 11.3 Å². The summed E-state index contributed by atoms with van der Waals surface area (Å²) in [5.74, 6) is 0.752. The molecule has 0 saturated carbocycles. The Hall–Kier alpha value is -1.55. The first-order valence-corrected chi connectivity index (χ1v) is 4.74. The summed E-state index contributed by atoms with van der Waals surface area (Å²) < 4.78 is 5.16. The average Bonchev–Trinajstić information content (AvgIpc) is 2.29. The third-order valence-corrected chi connectivity index (χ3v) is 2.10. The molecule has 0 heterocycles. The van der Waals surface area contributed by atoms with Crippen molar-refractivity contribution in [1.82, 2.24) is 4.90 Å². The van der Waals surface area contributed by atoms with Gasteiger partial charge >= 0.3 is 0 Å². The van der Waals surface area contributed by atoms with E-state index >= 15 is 0 Å². The second kappa shape index (κ2) is 6.03. The summed E-state index contributed by atoms with van der Waals surface area (Å²) in [6.07, 6.45) is 0.725. The monoisotopic (exact) mass is 209 g/mol. The number of para-hydroxylation sites is 1. The van der Waals surface area contributed by atoms with Gasteiger partial charge in [-0.05, 0) is 6.07 Å². The summed E-state index contributed by atoms with van der Waals surface area (Å²) >= 11 is 0. The molecule has 4 nitrogen and oxygen atoms in total. The van der Waals surface area contributed by atoms with Gasteiger partial charge in [-0.1, -0.05) is 18.2 Å². The summed E-state index contributed by atoms with van der Waals surface area (Å²) in [5.41, 5.74) is 0.931. The summed E-state index contributed by atoms with van der Waals surface area (Å²) in [5, 5.41) is 8.74. The first-order valence-electron chi connectivity index (χ1n) is 4.74. The zero-order chi connectivity index (χ0) is 11.1. The number of carbonyl (C=O) groups is 1.